The zero-order valence-electron chi connectivity index (χ0n) is 11.3. The molecule has 106 valence electrons. The molecule has 0 aliphatic carbocycles. The van der Waals surface area contributed by atoms with E-state index in [1.165, 1.54) is 11.3 Å². The molecule has 19 heavy (non-hydrogen) atoms. The predicted octanol–water partition coefficient (Wildman–Crippen LogP) is 0.791. The number of nitrogens with zero attached hydrogens (tertiary/aromatic N) is 2. The van der Waals surface area contributed by atoms with E-state index in [9.17, 15) is 4.79 Å². The Balaban J connectivity index is 2.14. The summed E-state index contributed by atoms with van der Waals surface area (Å²) in [7, 11) is 0. The number of amides is 1. The molecule has 7 heteroatoms. The number of nitrogens with two attached hydrogens (primary N) is 2. The van der Waals surface area contributed by atoms with E-state index < -0.39 is 0 Å². The second-order valence-corrected chi connectivity index (χ2v) is 6.16. The standard InChI is InChI=1S/C12H21N5OS/c1-7(2)15-11(18)9-10(14)16-12(19-9)17-5-3-4-8(13)6-17/h7-8H,3-6,13-14H2,1-2H3,(H,15,18). The number of anilines is 2. The van der Waals surface area contributed by atoms with Gasteiger partial charge in [0, 0.05) is 25.2 Å². The summed E-state index contributed by atoms with van der Waals surface area (Å²) in [6, 6.07) is 0.257. The van der Waals surface area contributed by atoms with E-state index >= 15 is 0 Å². The van der Waals surface area contributed by atoms with Gasteiger partial charge in [-0.3, -0.25) is 4.79 Å². The normalized spacial score (nSPS) is 19.8. The van der Waals surface area contributed by atoms with Crippen LogP contribution >= 0.6 is 11.3 Å². The molecule has 0 radical (unpaired) electrons. The predicted molar refractivity (Wildman–Crippen MR) is 78.6 cm³/mol. The van der Waals surface area contributed by atoms with Crippen LogP contribution < -0.4 is 21.7 Å². The zero-order valence-corrected chi connectivity index (χ0v) is 12.2. The van der Waals surface area contributed by atoms with Gasteiger partial charge in [0.1, 0.15) is 10.7 Å². The van der Waals surface area contributed by atoms with Crippen LogP contribution in [0.4, 0.5) is 10.9 Å². The van der Waals surface area contributed by atoms with Crippen molar-refractivity contribution in [2.75, 3.05) is 23.7 Å². The molecule has 1 aromatic heterocycles. The second-order valence-electron chi connectivity index (χ2n) is 5.19. The van der Waals surface area contributed by atoms with Crippen LogP contribution in [0.3, 0.4) is 0 Å². The Morgan fingerprint density at radius 3 is 2.95 bits per heavy atom. The van der Waals surface area contributed by atoms with Crippen molar-refractivity contribution < 1.29 is 4.79 Å². The molecule has 0 aromatic carbocycles. The largest absolute Gasteiger partial charge is 0.382 e. The first-order valence-electron chi connectivity index (χ1n) is 6.55. The van der Waals surface area contributed by atoms with E-state index in [1.54, 1.807) is 0 Å². The first kappa shape index (κ1) is 14.1. The molecule has 6 nitrogen and oxygen atoms in total. The lowest BCUT2D eigenvalue weighted by atomic mass is 10.1. The first-order valence-corrected chi connectivity index (χ1v) is 7.36. The number of nitrogens with one attached hydrogen (secondary N) is 1. The Morgan fingerprint density at radius 2 is 2.32 bits per heavy atom. The first-order chi connectivity index (χ1) is 8.97. The molecule has 0 spiro atoms. The summed E-state index contributed by atoms with van der Waals surface area (Å²) in [6.45, 7) is 5.53. The third-order valence-electron chi connectivity index (χ3n) is 3.00. The van der Waals surface area contributed by atoms with Crippen LogP contribution in [-0.4, -0.2) is 36.1 Å². The van der Waals surface area contributed by atoms with E-state index in [0.29, 0.717) is 10.7 Å². The third kappa shape index (κ3) is 3.36. The van der Waals surface area contributed by atoms with Gasteiger partial charge in [-0.1, -0.05) is 11.3 Å². The molecule has 1 aromatic rings. The second kappa shape index (κ2) is 5.75. The lowest BCUT2D eigenvalue weighted by Crippen LogP contribution is -2.42. The highest BCUT2D eigenvalue weighted by molar-refractivity contribution is 7.18. The maximum Gasteiger partial charge on any atom is 0.265 e. The van der Waals surface area contributed by atoms with Crippen molar-refractivity contribution in [2.45, 2.75) is 38.8 Å². The molecule has 1 amide bonds. The minimum atomic E-state index is -0.155. The van der Waals surface area contributed by atoms with Gasteiger partial charge in [0.15, 0.2) is 5.13 Å². The highest BCUT2D eigenvalue weighted by Crippen LogP contribution is 2.29. The molecule has 1 saturated heterocycles. The van der Waals surface area contributed by atoms with Crippen LogP contribution in [0.2, 0.25) is 0 Å². The fourth-order valence-electron chi connectivity index (χ4n) is 2.13. The molecule has 1 aliphatic heterocycles. The molecule has 5 N–H and O–H groups in total. The Hall–Kier alpha value is -1.34. The molecule has 1 unspecified atom stereocenters. The SMILES string of the molecule is CC(C)NC(=O)c1sc(N2CCCC(N)C2)nc1N. The minimum Gasteiger partial charge on any atom is -0.382 e. The topological polar surface area (TPSA) is 97.3 Å². The molecular formula is C12H21N5OS. The number of carbonyl (C=O) groups is 1. The number of hydrogen-bond donors (Lipinski definition) is 3. The lowest BCUT2D eigenvalue weighted by Gasteiger charge is -2.30. The Labute approximate surface area is 117 Å². The molecule has 1 aliphatic rings. The number of aromatic nitrogens is 1. The molecule has 0 saturated carbocycles. The Bertz CT molecular complexity index is 459. The van der Waals surface area contributed by atoms with Crippen molar-refractivity contribution in [3.05, 3.63) is 4.88 Å². The maximum atomic E-state index is 12.0. The lowest BCUT2D eigenvalue weighted by molar-refractivity contribution is 0.0948. The molecule has 2 rings (SSSR count). The summed E-state index contributed by atoms with van der Waals surface area (Å²) in [5.41, 5.74) is 11.8. The number of piperidine rings is 1. The van der Waals surface area contributed by atoms with Crippen LogP contribution in [0.15, 0.2) is 0 Å². The van der Waals surface area contributed by atoms with E-state index in [0.717, 1.165) is 31.1 Å². The van der Waals surface area contributed by atoms with Gasteiger partial charge in [-0.15, -0.1) is 0 Å². The average Bonchev–Trinajstić information content (AvgIpc) is 2.70. The highest BCUT2D eigenvalue weighted by Gasteiger charge is 2.23. The summed E-state index contributed by atoms with van der Waals surface area (Å²) >= 11 is 1.34. The Kier molecular flexibility index (Phi) is 4.26. The van der Waals surface area contributed by atoms with Crippen molar-refractivity contribution in [1.82, 2.24) is 10.3 Å². The van der Waals surface area contributed by atoms with E-state index in [2.05, 4.69) is 15.2 Å². The quantitative estimate of drug-likeness (QED) is 0.762. The van der Waals surface area contributed by atoms with Crippen LogP contribution in [0.5, 0.6) is 0 Å². The smallest absolute Gasteiger partial charge is 0.265 e. The monoisotopic (exact) mass is 283 g/mol. The Morgan fingerprint density at radius 1 is 1.58 bits per heavy atom. The fraction of sp³-hybridized carbons (Fsp3) is 0.667. The minimum absolute atomic E-state index is 0.0841. The number of rotatable bonds is 3. The van der Waals surface area contributed by atoms with Crippen molar-refractivity contribution >= 4 is 28.2 Å². The molecule has 0 bridgehead atoms. The van der Waals surface area contributed by atoms with E-state index in [-0.39, 0.29) is 18.0 Å². The van der Waals surface area contributed by atoms with Crippen molar-refractivity contribution in [3.63, 3.8) is 0 Å². The van der Waals surface area contributed by atoms with Crippen molar-refractivity contribution in [2.24, 2.45) is 5.73 Å². The maximum absolute atomic E-state index is 12.0. The summed E-state index contributed by atoms with van der Waals surface area (Å²) < 4.78 is 0. The third-order valence-corrected chi connectivity index (χ3v) is 4.13. The number of thiazole rings is 1. The van der Waals surface area contributed by atoms with E-state index in [4.69, 9.17) is 11.5 Å². The van der Waals surface area contributed by atoms with Crippen LogP contribution in [0.1, 0.15) is 36.4 Å². The van der Waals surface area contributed by atoms with Crippen LogP contribution in [0.25, 0.3) is 0 Å². The van der Waals surface area contributed by atoms with Gasteiger partial charge in [-0.25, -0.2) is 4.98 Å². The average molecular weight is 283 g/mol. The molecular weight excluding hydrogens is 262 g/mol. The van der Waals surface area contributed by atoms with E-state index in [1.807, 2.05) is 13.8 Å². The van der Waals surface area contributed by atoms with Gasteiger partial charge in [-0.05, 0) is 26.7 Å². The van der Waals surface area contributed by atoms with Gasteiger partial charge < -0.3 is 21.7 Å². The van der Waals surface area contributed by atoms with Gasteiger partial charge in [0.25, 0.3) is 5.91 Å². The number of hydrogen-bond acceptors (Lipinski definition) is 6. The van der Waals surface area contributed by atoms with Crippen LogP contribution in [0, 0.1) is 0 Å². The van der Waals surface area contributed by atoms with Crippen molar-refractivity contribution in [3.8, 4) is 0 Å². The number of carbonyl (C=O) groups excluding carboxylic acids is 1. The van der Waals surface area contributed by atoms with Gasteiger partial charge >= 0.3 is 0 Å². The molecule has 1 fully saturated rings. The summed E-state index contributed by atoms with van der Waals surface area (Å²) in [4.78, 5) is 18.9. The summed E-state index contributed by atoms with van der Waals surface area (Å²) in [5, 5.41) is 3.63. The van der Waals surface area contributed by atoms with Crippen molar-refractivity contribution in [1.29, 1.82) is 0 Å². The highest BCUT2D eigenvalue weighted by atomic mass is 32.1. The fourth-order valence-corrected chi connectivity index (χ4v) is 3.05. The summed E-state index contributed by atoms with van der Waals surface area (Å²) in [5.74, 6) is 0.148. The van der Waals surface area contributed by atoms with Gasteiger partial charge in [-0.2, -0.15) is 0 Å². The van der Waals surface area contributed by atoms with Gasteiger partial charge in [0.2, 0.25) is 0 Å². The number of nitrogen functional groups attached to an aromatic ring is 1. The van der Waals surface area contributed by atoms with Gasteiger partial charge in [0.05, 0.1) is 0 Å². The summed E-state index contributed by atoms with van der Waals surface area (Å²) in [6.07, 6.45) is 2.09. The van der Waals surface area contributed by atoms with Crippen LogP contribution in [-0.2, 0) is 0 Å². The zero-order chi connectivity index (χ0) is 14.0. The molecule has 2 heterocycles. The molecule has 1 atom stereocenters.